The van der Waals surface area contributed by atoms with Crippen LogP contribution in [0.25, 0.3) is 0 Å². The van der Waals surface area contributed by atoms with Gasteiger partial charge in [0, 0.05) is 36.8 Å². The summed E-state index contributed by atoms with van der Waals surface area (Å²) in [6, 6.07) is 15.3. The number of aliphatic hydroxyl groups excluding tert-OH is 1. The number of aryl methyl sites for hydroxylation is 1. The summed E-state index contributed by atoms with van der Waals surface area (Å²) in [7, 11) is 0. The van der Waals surface area contributed by atoms with E-state index in [4.69, 9.17) is 16.3 Å². The molecule has 1 aliphatic rings. The summed E-state index contributed by atoms with van der Waals surface area (Å²) in [5, 5.41) is 13.8. The molecule has 1 heterocycles. The summed E-state index contributed by atoms with van der Waals surface area (Å²) in [6.45, 7) is 3.45. The number of halogens is 1. The van der Waals surface area contributed by atoms with Crippen molar-refractivity contribution in [2.24, 2.45) is 0 Å². The maximum Gasteiger partial charge on any atom is 0.220 e. The van der Waals surface area contributed by atoms with Crippen molar-refractivity contribution in [3.05, 3.63) is 64.7 Å². The van der Waals surface area contributed by atoms with Crippen LogP contribution in [-0.4, -0.2) is 43.9 Å². The van der Waals surface area contributed by atoms with Gasteiger partial charge >= 0.3 is 0 Å². The first-order valence-corrected chi connectivity index (χ1v) is 9.61. The molecule has 1 unspecified atom stereocenters. The van der Waals surface area contributed by atoms with Crippen molar-refractivity contribution in [3.8, 4) is 0 Å². The maximum absolute atomic E-state index is 12.0. The van der Waals surface area contributed by atoms with Gasteiger partial charge in [0.15, 0.2) is 0 Å². The van der Waals surface area contributed by atoms with E-state index in [2.05, 4.69) is 10.2 Å². The molecule has 27 heavy (non-hydrogen) atoms. The molecule has 1 fully saturated rings. The van der Waals surface area contributed by atoms with Crippen molar-refractivity contribution >= 4 is 23.2 Å². The first kappa shape index (κ1) is 19.7. The van der Waals surface area contributed by atoms with Gasteiger partial charge in [0.25, 0.3) is 0 Å². The Morgan fingerprint density at radius 3 is 2.44 bits per heavy atom. The number of anilines is 1. The molecule has 2 N–H and O–H groups in total. The van der Waals surface area contributed by atoms with Gasteiger partial charge in [-0.1, -0.05) is 35.9 Å². The fraction of sp³-hybridized carbons (Fsp3) is 0.381. The lowest BCUT2D eigenvalue weighted by Gasteiger charge is -2.29. The molecule has 2 aromatic rings. The van der Waals surface area contributed by atoms with Crippen molar-refractivity contribution in [3.63, 3.8) is 0 Å². The molecule has 144 valence electrons. The fourth-order valence-corrected chi connectivity index (χ4v) is 3.18. The van der Waals surface area contributed by atoms with E-state index in [1.165, 1.54) is 0 Å². The molecule has 0 aromatic heterocycles. The Morgan fingerprint density at radius 1 is 1.11 bits per heavy atom. The smallest absolute Gasteiger partial charge is 0.220 e. The lowest BCUT2D eigenvalue weighted by atomic mass is 10.1. The van der Waals surface area contributed by atoms with E-state index in [0.717, 1.165) is 43.1 Å². The maximum atomic E-state index is 12.0. The van der Waals surface area contributed by atoms with Crippen LogP contribution in [0.5, 0.6) is 0 Å². The van der Waals surface area contributed by atoms with Crippen LogP contribution >= 0.6 is 11.6 Å². The van der Waals surface area contributed by atoms with Crippen LogP contribution in [0.15, 0.2) is 48.5 Å². The van der Waals surface area contributed by atoms with Crippen LogP contribution < -0.4 is 10.2 Å². The highest BCUT2D eigenvalue weighted by molar-refractivity contribution is 6.30. The van der Waals surface area contributed by atoms with Crippen molar-refractivity contribution in [2.75, 3.05) is 37.7 Å². The summed E-state index contributed by atoms with van der Waals surface area (Å²) in [4.78, 5) is 14.3. The van der Waals surface area contributed by atoms with Gasteiger partial charge in [0.1, 0.15) is 0 Å². The van der Waals surface area contributed by atoms with Gasteiger partial charge in [-0.15, -0.1) is 0 Å². The molecule has 6 heteroatoms. The van der Waals surface area contributed by atoms with Crippen molar-refractivity contribution in [2.45, 2.75) is 18.9 Å². The number of morpholine rings is 1. The van der Waals surface area contributed by atoms with E-state index >= 15 is 0 Å². The van der Waals surface area contributed by atoms with Crippen LogP contribution in [0.3, 0.4) is 0 Å². The number of carbonyl (C=O) groups is 1. The average Bonchev–Trinajstić information content (AvgIpc) is 2.72. The summed E-state index contributed by atoms with van der Waals surface area (Å²) < 4.78 is 5.36. The van der Waals surface area contributed by atoms with E-state index in [1.807, 2.05) is 48.5 Å². The second-order valence-electron chi connectivity index (χ2n) is 6.64. The highest BCUT2D eigenvalue weighted by Crippen LogP contribution is 2.20. The molecule has 1 saturated heterocycles. The van der Waals surface area contributed by atoms with Gasteiger partial charge in [-0.2, -0.15) is 0 Å². The van der Waals surface area contributed by atoms with E-state index in [0.29, 0.717) is 17.9 Å². The average molecular weight is 389 g/mol. The van der Waals surface area contributed by atoms with Crippen molar-refractivity contribution in [1.82, 2.24) is 5.32 Å². The second kappa shape index (κ2) is 9.74. The standard InChI is InChI=1S/C21H25ClN2O3/c22-18-6-1-16(2-7-18)3-10-21(26)23-15-20(25)17-4-8-19(9-5-17)24-11-13-27-14-12-24/h1-2,4-9,20,25H,3,10-15H2,(H,23,26). The van der Waals surface area contributed by atoms with Crippen LogP contribution in [-0.2, 0) is 16.0 Å². The van der Waals surface area contributed by atoms with E-state index in [9.17, 15) is 9.90 Å². The number of carbonyl (C=O) groups excluding carboxylic acids is 1. The number of amides is 1. The minimum absolute atomic E-state index is 0.0751. The SMILES string of the molecule is O=C(CCc1ccc(Cl)cc1)NCC(O)c1ccc(N2CCOCC2)cc1. The molecular weight excluding hydrogens is 364 g/mol. The zero-order valence-electron chi connectivity index (χ0n) is 15.2. The van der Waals surface area contributed by atoms with Gasteiger partial charge in [-0.3, -0.25) is 4.79 Å². The summed E-state index contributed by atoms with van der Waals surface area (Å²) in [5.74, 6) is -0.0751. The lowest BCUT2D eigenvalue weighted by Crippen LogP contribution is -2.36. The molecular formula is C21H25ClN2O3. The Morgan fingerprint density at radius 2 is 1.78 bits per heavy atom. The molecule has 5 nitrogen and oxygen atoms in total. The van der Waals surface area contributed by atoms with Crippen LogP contribution in [0.2, 0.25) is 5.02 Å². The molecule has 0 radical (unpaired) electrons. The zero-order valence-corrected chi connectivity index (χ0v) is 16.0. The van der Waals surface area contributed by atoms with Gasteiger partial charge in [-0.25, -0.2) is 0 Å². The van der Waals surface area contributed by atoms with Gasteiger partial charge < -0.3 is 20.1 Å². The number of aliphatic hydroxyl groups is 1. The Bertz CT molecular complexity index is 728. The number of nitrogens with zero attached hydrogens (tertiary/aromatic N) is 1. The third-order valence-corrected chi connectivity index (χ3v) is 4.95. The molecule has 1 atom stereocenters. The Kier molecular flexibility index (Phi) is 7.10. The van der Waals surface area contributed by atoms with Crippen molar-refractivity contribution in [1.29, 1.82) is 0 Å². The number of rotatable bonds is 7. The molecule has 1 amide bonds. The minimum atomic E-state index is -0.719. The quantitative estimate of drug-likeness (QED) is 0.765. The molecule has 0 spiro atoms. The third-order valence-electron chi connectivity index (χ3n) is 4.70. The number of hydrogen-bond donors (Lipinski definition) is 2. The number of benzene rings is 2. The predicted octanol–water partition coefficient (Wildman–Crippen LogP) is 2.96. The normalized spacial score (nSPS) is 15.4. The van der Waals surface area contributed by atoms with E-state index < -0.39 is 6.10 Å². The Hall–Kier alpha value is -2.08. The predicted molar refractivity (Wildman–Crippen MR) is 107 cm³/mol. The highest BCUT2D eigenvalue weighted by atomic mass is 35.5. The molecule has 1 aliphatic heterocycles. The molecule has 0 saturated carbocycles. The number of hydrogen-bond acceptors (Lipinski definition) is 4. The largest absolute Gasteiger partial charge is 0.387 e. The van der Waals surface area contributed by atoms with Crippen LogP contribution in [0.1, 0.15) is 23.7 Å². The second-order valence-corrected chi connectivity index (χ2v) is 7.07. The van der Waals surface area contributed by atoms with Crippen LogP contribution in [0.4, 0.5) is 5.69 Å². The Labute approximate surface area is 164 Å². The van der Waals surface area contributed by atoms with Gasteiger partial charge in [0.2, 0.25) is 5.91 Å². The number of nitrogens with one attached hydrogen (secondary N) is 1. The summed E-state index contributed by atoms with van der Waals surface area (Å²) >= 11 is 5.86. The van der Waals surface area contributed by atoms with Crippen LogP contribution in [0, 0.1) is 0 Å². The minimum Gasteiger partial charge on any atom is -0.387 e. The topological polar surface area (TPSA) is 61.8 Å². The van der Waals surface area contributed by atoms with E-state index in [1.54, 1.807) is 0 Å². The zero-order chi connectivity index (χ0) is 19.1. The Balaban J connectivity index is 1.43. The van der Waals surface area contributed by atoms with Gasteiger partial charge in [0.05, 0.1) is 19.3 Å². The van der Waals surface area contributed by atoms with Gasteiger partial charge in [-0.05, 0) is 41.8 Å². The third kappa shape index (κ3) is 5.96. The van der Waals surface area contributed by atoms with Crippen molar-refractivity contribution < 1.29 is 14.6 Å². The highest BCUT2D eigenvalue weighted by Gasteiger charge is 2.13. The molecule has 0 bridgehead atoms. The lowest BCUT2D eigenvalue weighted by molar-refractivity contribution is -0.121. The molecule has 3 rings (SSSR count). The number of ether oxygens (including phenoxy) is 1. The fourth-order valence-electron chi connectivity index (χ4n) is 3.05. The molecule has 0 aliphatic carbocycles. The van der Waals surface area contributed by atoms with E-state index in [-0.39, 0.29) is 12.5 Å². The monoisotopic (exact) mass is 388 g/mol. The summed E-state index contributed by atoms with van der Waals surface area (Å²) in [5.41, 5.74) is 2.99. The first-order valence-electron chi connectivity index (χ1n) is 9.24. The summed E-state index contributed by atoms with van der Waals surface area (Å²) in [6.07, 6.45) is 0.306. The molecule has 2 aromatic carbocycles. The first-order chi connectivity index (χ1) is 13.1.